The van der Waals surface area contributed by atoms with Gasteiger partial charge in [0.1, 0.15) is 5.82 Å². The predicted molar refractivity (Wildman–Crippen MR) is 111 cm³/mol. The van der Waals surface area contributed by atoms with E-state index in [1.807, 2.05) is 18.2 Å². The lowest BCUT2D eigenvalue weighted by Crippen LogP contribution is -2.37. The molecule has 0 saturated carbocycles. The van der Waals surface area contributed by atoms with E-state index in [4.69, 9.17) is 16.7 Å². The van der Waals surface area contributed by atoms with Gasteiger partial charge in [0.15, 0.2) is 5.82 Å². The Hall–Kier alpha value is -2.18. The summed E-state index contributed by atoms with van der Waals surface area (Å²) in [6, 6.07) is 8.36. The Morgan fingerprint density at radius 3 is 2.82 bits per heavy atom. The second kappa shape index (κ2) is 8.05. The summed E-state index contributed by atoms with van der Waals surface area (Å²) < 4.78 is 4.12. The maximum atomic E-state index is 6.32. The minimum Gasteiger partial charge on any atom is -0.308 e. The fraction of sp³-hybridized carbons (Fsp3) is 0.476. The molecule has 3 aromatic rings. The average Bonchev–Trinajstić information content (AvgIpc) is 3.22. The number of aromatic nitrogens is 5. The lowest BCUT2D eigenvalue weighted by molar-refractivity contribution is 0.357. The van der Waals surface area contributed by atoms with Crippen LogP contribution in [0.1, 0.15) is 47.5 Å². The maximum Gasteiger partial charge on any atom is 0.150 e. The van der Waals surface area contributed by atoms with Gasteiger partial charge in [-0.1, -0.05) is 36.7 Å². The SMILES string of the molecule is CCc1nc2n(n1)CC(NCc1c(C)nn(Cc3ccccc3Cl)c1C)CC2. The summed E-state index contributed by atoms with van der Waals surface area (Å²) in [6.07, 6.45) is 2.96. The van der Waals surface area contributed by atoms with Crippen molar-refractivity contribution >= 4 is 11.6 Å². The van der Waals surface area contributed by atoms with Gasteiger partial charge in [-0.25, -0.2) is 9.67 Å². The molecule has 1 atom stereocenters. The number of hydrogen-bond donors (Lipinski definition) is 1. The van der Waals surface area contributed by atoms with E-state index >= 15 is 0 Å². The highest BCUT2D eigenvalue weighted by Crippen LogP contribution is 2.20. The van der Waals surface area contributed by atoms with Crippen molar-refractivity contribution in [1.29, 1.82) is 0 Å². The molecular weight excluding hydrogens is 372 g/mol. The van der Waals surface area contributed by atoms with E-state index in [2.05, 4.69) is 51.6 Å². The highest BCUT2D eigenvalue weighted by molar-refractivity contribution is 6.31. The molecule has 7 heteroatoms. The van der Waals surface area contributed by atoms with Crippen molar-refractivity contribution in [1.82, 2.24) is 29.9 Å². The van der Waals surface area contributed by atoms with Crippen LogP contribution in [0, 0.1) is 13.8 Å². The van der Waals surface area contributed by atoms with Gasteiger partial charge in [-0.15, -0.1) is 0 Å². The van der Waals surface area contributed by atoms with Gasteiger partial charge in [0, 0.05) is 41.7 Å². The molecule has 6 nitrogen and oxygen atoms in total. The number of nitrogens with zero attached hydrogens (tertiary/aromatic N) is 5. The van der Waals surface area contributed by atoms with Crippen LogP contribution < -0.4 is 5.32 Å². The molecule has 0 amide bonds. The predicted octanol–water partition coefficient (Wildman–Crippen LogP) is 3.46. The standard InChI is InChI=1S/C21H27ClN6/c1-4-20-24-21-10-9-17(13-28(21)26-20)23-11-18-14(2)25-27(15(18)3)12-16-7-5-6-8-19(16)22/h5-8,17,23H,4,9-13H2,1-3H3. The molecule has 0 radical (unpaired) electrons. The molecule has 1 aliphatic heterocycles. The van der Waals surface area contributed by atoms with Crippen molar-refractivity contribution in [3.63, 3.8) is 0 Å². The molecule has 4 rings (SSSR count). The van der Waals surface area contributed by atoms with Crippen molar-refractivity contribution in [2.24, 2.45) is 0 Å². The zero-order valence-corrected chi connectivity index (χ0v) is 17.5. The molecule has 0 bridgehead atoms. The number of aryl methyl sites for hydroxylation is 3. The first-order valence-electron chi connectivity index (χ1n) is 9.97. The summed E-state index contributed by atoms with van der Waals surface area (Å²) in [5.41, 5.74) is 4.62. The molecule has 148 valence electrons. The van der Waals surface area contributed by atoms with Crippen LogP contribution in [0.2, 0.25) is 5.02 Å². The van der Waals surface area contributed by atoms with E-state index in [1.54, 1.807) is 0 Å². The molecule has 1 N–H and O–H groups in total. The molecule has 1 unspecified atom stereocenters. The van der Waals surface area contributed by atoms with Gasteiger partial charge < -0.3 is 5.32 Å². The van der Waals surface area contributed by atoms with E-state index in [9.17, 15) is 0 Å². The first-order valence-corrected chi connectivity index (χ1v) is 10.3. The third-order valence-electron chi connectivity index (χ3n) is 5.59. The lowest BCUT2D eigenvalue weighted by atomic mass is 10.1. The van der Waals surface area contributed by atoms with E-state index in [1.165, 1.54) is 11.3 Å². The van der Waals surface area contributed by atoms with Gasteiger partial charge in [0.2, 0.25) is 0 Å². The van der Waals surface area contributed by atoms with Gasteiger partial charge in [-0.05, 0) is 31.9 Å². The van der Waals surface area contributed by atoms with Gasteiger partial charge >= 0.3 is 0 Å². The first kappa shape index (κ1) is 19.2. The molecule has 0 aliphatic carbocycles. The largest absolute Gasteiger partial charge is 0.308 e. The molecule has 3 heterocycles. The minimum atomic E-state index is 0.407. The highest BCUT2D eigenvalue weighted by atomic mass is 35.5. The normalized spacial score (nSPS) is 16.4. The fourth-order valence-corrected chi connectivity index (χ4v) is 4.05. The third-order valence-corrected chi connectivity index (χ3v) is 5.96. The number of nitrogens with one attached hydrogen (secondary N) is 1. The van der Waals surface area contributed by atoms with Gasteiger partial charge in [-0.3, -0.25) is 4.68 Å². The van der Waals surface area contributed by atoms with Crippen molar-refractivity contribution in [2.75, 3.05) is 0 Å². The van der Waals surface area contributed by atoms with Crippen LogP contribution in [0.3, 0.4) is 0 Å². The Bertz CT molecular complexity index is 973. The van der Waals surface area contributed by atoms with E-state index in [-0.39, 0.29) is 0 Å². The molecular formula is C21H27ClN6. The quantitative estimate of drug-likeness (QED) is 0.690. The second-order valence-corrected chi connectivity index (χ2v) is 7.90. The van der Waals surface area contributed by atoms with Crippen molar-refractivity contribution in [3.05, 3.63) is 63.5 Å². The minimum absolute atomic E-state index is 0.407. The zero-order chi connectivity index (χ0) is 19.7. The summed E-state index contributed by atoms with van der Waals surface area (Å²) in [6.45, 7) is 8.71. The van der Waals surface area contributed by atoms with Crippen LogP contribution >= 0.6 is 11.6 Å². The number of rotatable bonds is 6. The Labute approximate surface area is 170 Å². The van der Waals surface area contributed by atoms with Gasteiger partial charge in [0.05, 0.1) is 18.8 Å². The molecule has 1 aromatic carbocycles. The van der Waals surface area contributed by atoms with Gasteiger partial charge in [-0.2, -0.15) is 10.2 Å². The van der Waals surface area contributed by atoms with Crippen molar-refractivity contribution < 1.29 is 0 Å². The van der Waals surface area contributed by atoms with Crippen LogP contribution in [0.15, 0.2) is 24.3 Å². The monoisotopic (exact) mass is 398 g/mol. The first-order chi connectivity index (χ1) is 13.5. The topological polar surface area (TPSA) is 60.6 Å². The summed E-state index contributed by atoms with van der Waals surface area (Å²) in [5, 5.41) is 13.8. The lowest BCUT2D eigenvalue weighted by Gasteiger charge is -2.23. The fourth-order valence-electron chi connectivity index (χ4n) is 3.86. The summed E-state index contributed by atoms with van der Waals surface area (Å²) >= 11 is 6.32. The molecule has 28 heavy (non-hydrogen) atoms. The summed E-state index contributed by atoms with van der Waals surface area (Å²) in [7, 11) is 0. The molecule has 0 spiro atoms. The summed E-state index contributed by atoms with van der Waals surface area (Å²) in [4.78, 5) is 4.60. The van der Waals surface area contributed by atoms with Crippen LogP contribution in [0.4, 0.5) is 0 Å². The number of hydrogen-bond acceptors (Lipinski definition) is 4. The Balaban J connectivity index is 1.43. The number of benzene rings is 1. The molecule has 1 aliphatic rings. The second-order valence-electron chi connectivity index (χ2n) is 7.49. The zero-order valence-electron chi connectivity index (χ0n) is 16.7. The van der Waals surface area contributed by atoms with E-state index in [0.717, 1.165) is 60.3 Å². The van der Waals surface area contributed by atoms with Crippen LogP contribution in [0.5, 0.6) is 0 Å². The van der Waals surface area contributed by atoms with Crippen LogP contribution in [0.25, 0.3) is 0 Å². The average molecular weight is 399 g/mol. The van der Waals surface area contributed by atoms with E-state index < -0.39 is 0 Å². The smallest absolute Gasteiger partial charge is 0.150 e. The van der Waals surface area contributed by atoms with Crippen LogP contribution in [-0.4, -0.2) is 30.6 Å². The number of halogens is 1. The Morgan fingerprint density at radius 1 is 1.21 bits per heavy atom. The summed E-state index contributed by atoms with van der Waals surface area (Å²) in [5.74, 6) is 2.07. The van der Waals surface area contributed by atoms with E-state index in [0.29, 0.717) is 12.6 Å². The van der Waals surface area contributed by atoms with Crippen LogP contribution in [-0.2, 0) is 32.5 Å². The van der Waals surface area contributed by atoms with Crippen molar-refractivity contribution in [2.45, 2.75) is 65.7 Å². The molecule has 0 saturated heterocycles. The molecule has 2 aromatic heterocycles. The van der Waals surface area contributed by atoms with Crippen molar-refractivity contribution in [3.8, 4) is 0 Å². The Kier molecular flexibility index (Phi) is 5.51. The van der Waals surface area contributed by atoms with Gasteiger partial charge in [0.25, 0.3) is 0 Å². The third kappa shape index (κ3) is 3.84. The highest BCUT2D eigenvalue weighted by Gasteiger charge is 2.22. The maximum absolute atomic E-state index is 6.32. The molecule has 0 fully saturated rings. The number of fused-ring (bicyclic) bond motifs is 1. The Morgan fingerprint density at radius 2 is 2.04 bits per heavy atom.